The predicted molar refractivity (Wildman–Crippen MR) is 86.0 cm³/mol. The van der Waals surface area contributed by atoms with Crippen LogP contribution in [0.5, 0.6) is 0 Å². The van der Waals surface area contributed by atoms with Crippen molar-refractivity contribution in [1.29, 1.82) is 0 Å². The molecular formula is C13H23Cl2N3S. The van der Waals surface area contributed by atoms with Gasteiger partial charge in [-0.05, 0) is 45.2 Å². The van der Waals surface area contributed by atoms with Crippen LogP contribution < -0.4 is 5.32 Å². The van der Waals surface area contributed by atoms with Gasteiger partial charge in [0.25, 0.3) is 0 Å². The summed E-state index contributed by atoms with van der Waals surface area (Å²) in [6.45, 7) is 7.14. The van der Waals surface area contributed by atoms with Crippen molar-refractivity contribution in [3.63, 3.8) is 0 Å². The third kappa shape index (κ3) is 4.05. The van der Waals surface area contributed by atoms with E-state index in [9.17, 15) is 0 Å². The van der Waals surface area contributed by atoms with Gasteiger partial charge in [0.2, 0.25) is 0 Å². The minimum absolute atomic E-state index is 0. The van der Waals surface area contributed by atoms with Crippen LogP contribution >= 0.6 is 36.2 Å². The van der Waals surface area contributed by atoms with Crippen LogP contribution in [0.15, 0.2) is 5.51 Å². The molecule has 6 heteroatoms. The highest BCUT2D eigenvalue weighted by Gasteiger charge is 2.32. The summed E-state index contributed by atoms with van der Waals surface area (Å²) >= 11 is 1.81. The van der Waals surface area contributed by atoms with Gasteiger partial charge in [-0.15, -0.1) is 36.2 Å². The Hall–Kier alpha value is 0.130. The van der Waals surface area contributed by atoms with Gasteiger partial charge in [0.05, 0.1) is 11.2 Å². The van der Waals surface area contributed by atoms with Crippen LogP contribution in [0, 0.1) is 12.8 Å². The Morgan fingerprint density at radius 1 is 1.42 bits per heavy atom. The van der Waals surface area contributed by atoms with Crippen molar-refractivity contribution in [2.45, 2.75) is 32.2 Å². The van der Waals surface area contributed by atoms with E-state index in [1.54, 1.807) is 0 Å². The van der Waals surface area contributed by atoms with Crippen molar-refractivity contribution in [3.8, 4) is 0 Å². The fourth-order valence-corrected chi connectivity index (χ4v) is 3.92. The second-order valence-electron chi connectivity index (χ2n) is 5.31. The number of aromatic nitrogens is 1. The molecule has 0 aliphatic carbocycles. The lowest BCUT2D eigenvalue weighted by Crippen LogP contribution is -2.44. The van der Waals surface area contributed by atoms with Crippen molar-refractivity contribution in [3.05, 3.63) is 16.1 Å². The monoisotopic (exact) mass is 323 g/mol. The SMILES string of the molecule is Cc1ncsc1CCN1CCC2NCCC2C1.Cl.Cl. The highest BCUT2D eigenvalue weighted by Crippen LogP contribution is 2.25. The maximum atomic E-state index is 4.32. The van der Waals surface area contributed by atoms with Gasteiger partial charge >= 0.3 is 0 Å². The van der Waals surface area contributed by atoms with E-state index in [2.05, 4.69) is 22.1 Å². The molecule has 19 heavy (non-hydrogen) atoms. The number of halogens is 2. The van der Waals surface area contributed by atoms with Crippen molar-refractivity contribution >= 4 is 36.2 Å². The topological polar surface area (TPSA) is 28.2 Å². The molecule has 3 nitrogen and oxygen atoms in total. The Kier molecular flexibility index (Phi) is 7.05. The molecule has 2 atom stereocenters. The molecule has 110 valence electrons. The first-order valence-corrected chi connectivity index (χ1v) is 7.55. The van der Waals surface area contributed by atoms with E-state index in [1.165, 1.54) is 56.0 Å². The fourth-order valence-electron chi connectivity index (χ4n) is 3.15. The maximum absolute atomic E-state index is 4.32. The second-order valence-corrected chi connectivity index (χ2v) is 6.25. The lowest BCUT2D eigenvalue weighted by atomic mass is 9.93. The van der Waals surface area contributed by atoms with E-state index in [4.69, 9.17) is 0 Å². The quantitative estimate of drug-likeness (QED) is 0.926. The van der Waals surface area contributed by atoms with E-state index in [-0.39, 0.29) is 24.8 Å². The summed E-state index contributed by atoms with van der Waals surface area (Å²) in [5.41, 5.74) is 3.20. The van der Waals surface area contributed by atoms with Crippen molar-refractivity contribution in [1.82, 2.24) is 15.2 Å². The summed E-state index contributed by atoms with van der Waals surface area (Å²) in [7, 11) is 0. The summed E-state index contributed by atoms with van der Waals surface area (Å²) < 4.78 is 0. The number of likely N-dealkylation sites (tertiary alicyclic amines) is 1. The molecule has 1 N–H and O–H groups in total. The van der Waals surface area contributed by atoms with Crippen LogP contribution in [0.4, 0.5) is 0 Å². The normalized spacial score (nSPS) is 26.4. The number of thiazole rings is 1. The lowest BCUT2D eigenvalue weighted by Gasteiger charge is -2.34. The largest absolute Gasteiger partial charge is 0.314 e. The zero-order chi connectivity index (χ0) is 11.7. The molecule has 0 radical (unpaired) electrons. The number of hydrogen-bond donors (Lipinski definition) is 1. The van der Waals surface area contributed by atoms with Gasteiger partial charge in [0.1, 0.15) is 0 Å². The predicted octanol–water partition coefficient (Wildman–Crippen LogP) is 2.52. The molecule has 3 heterocycles. The van der Waals surface area contributed by atoms with Gasteiger partial charge in [-0.1, -0.05) is 0 Å². The van der Waals surface area contributed by atoms with Crippen molar-refractivity contribution in [2.24, 2.45) is 5.92 Å². The molecule has 2 aliphatic rings. The smallest absolute Gasteiger partial charge is 0.0797 e. The van der Waals surface area contributed by atoms with E-state index in [1.807, 2.05) is 16.8 Å². The lowest BCUT2D eigenvalue weighted by molar-refractivity contribution is 0.164. The molecule has 2 fully saturated rings. The first kappa shape index (κ1) is 17.2. The van der Waals surface area contributed by atoms with Crippen molar-refractivity contribution in [2.75, 3.05) is 26.2 Å². The average molecular weight is 324 g/mol. The Labute approximate surface area is 132 Å². The minimum Gasteiger partial charge on any atom is -0.314 e. The molecule has 2 aliphatic heterocycles. The van der Waals surface area contributed by atoms with Gasteiger partial charge in [0.15, 0.2) is 0 Å². The van der Waals surface area contributed by atoms with Crippen molar-refractivity contribution < 1.29 is 0 Å². The molecule has 0 aromatic carbocycles. The Morgan fingerprint density at radius 2 is 2.26 bits per heavy atom. The molecule has 0 amide bonds. The number of nitrogens with one attached hydrogen (secondary N) is 1. The number of aryl methyl sites for hydroxylation is 1. The number of hydrogen-bond acceptors (Lipinski definition) is 4. The number of piperidine rings is 1. The molecular weight excluding hydrogens is 301 g/mol. The molecule has 0 spiro atoms. The number of nitrogens with zero attached hydrogens (tertiary/aromatic N) is 2. The maximum Gasteiger partial charge on any atom is 0.0797 e. The average Bonchev–Trinajstić information content (AvgIpc) is 2.94. The molecule has 0 saturated carbocycles. The standard InChI is InChI=1S/C13H21N3S.2ClH/c1-10-13(17-9-15-10)4-7-16-6-3-12-11(8-16)2-5-14-12;;/h9,11-12,14H,2-8H2,1H3;2*1H. The number of fused-ring (bicyclic) bond motifs is 1. The van der Waals surface area contributed by atoms with Gasteiger partial charge in [-0.2, -0.15) is 0 Å². The molecule has 1 aromatic rings. The van der Waals surface area contributed by atoms with E-state index < -0.39 is 0 Å². The summed E-state index contributed by atoms with van der Waals surface area (Å²) in [4.78, 5) is 8.44. The van der Waals surface area contributed by atoms with Gasteiger partial charge < -0.3 is 10.2 Å². The number of rotatable bonds is 3. The Balaban J connectivity index is 0.000000902. The molecule has 0 bridgehead atoms. The van der Waals surface area contributed by atoms with E-state index in [0.29, 0.717) is 0 Å². The first-order valence-electron chi connectivity index (χ1n) is 6.67. The highest BCUT2D eigenvalue weighted by atomic mass is 35.5. The fraction of sp³-hybridized carbons (Fsp3) is 0.769. The summed E-state index contributed by atoms with van der Waals surface area (Å²) in [6.07, 6.45) is 3.90. The third-order valence-corrected chi connectivity index (χ3v) is 5.23. The zero-order valence-electron chi connectivity index (χ0n) is 11.3. The molecule has 1 aromatic heterocycles. The van der Waals surface area contributed by atoms with E-state index >= 15 is 0 Å². The van der Waals surface area contributed by atoms with Gasteiger partial charge in [-0.3, -0.25) is 0 Å². The zero-order valence-corrected chi connectivity index (χ0v) is 13.8. The van der Waals surface area contributed by atoms with E-state index in [0.717, 1.165) is 12.0 Å². The molecule has 2 unspecified atom stereocenters. The summed E-state index contributed by atoms with van der Waals surface area (Å²) in [5, 5.41) is 3.62. The van der Waals surface area contributed by atoms with Crippen LogP contribution in [0.25, 0.3) is 0 Å². The third-order valence-electron chi connectivity index (χ3n) is 4.24. The summed E-state index contributed by atoms with van der Waals surface area (Å²) in [6, 6.07) is 0.816. The first-order chi connectivity index (χ1) is 8.33. The van der Waals surface area contributed by atoms with Crippen LogP contribution in [0.2, 0.25) is 0 Å². The van der Waals surface area contributed by atoms with Crippen LogP contribution in [-0.2, 0) is 6.42 Å². The van der Waals surface area contributed by atoms with Gasteiger partial charge in [-0.25, -0.2) is 4.98 Å². The van der Waals surface area contributed by atoms with Crippen LogP contribution in [-0.4, -0.2) is 42.1 Å². The Bertz CT molecular complexity index is 386. The minimum atomic E-state index is 0. The molecule has 3 rings (SSSR count). The Morgan fingerprint density at radius 3 is 3.00 bits per heavy atom. The van der Waals surface area contributed by atoms with Crippen LogP contribution in [0.1, 0.15) is 23.4 Å². The molecule has 2 saturated heterocycles. The highest BCUT2D eigenvalue weighted by molar-refractivity contribution is 7.09. The second kappa shape index (κ2) is 7.79. The summed E-state index contributed by atoms with van der Waals surface area (Å²) in [5.74, 6) is 0.909. The van der Waals surface area contributed by atoms with Crippen LogP contribution in [0.3, 0.4) is 0 Å². The van der Waals surface area contributed by atoms with Gasteiger partial charge in [0, 0.05) is 24.0 Å².